The number of benzene rings is 2. The zero-order valence-corrected chi connectivity index (χ0v) is 23.5. The van der Waals surface area contributed by atoms with E-state index in [4.69, 9.17) is 0 Å². The lowest BCUT2D eigenvalue weighted by molar-refractivity contribution is -0.137. The highest BCUT2D eigenvalue weighted by Crippen LogP contribution is 2.50. The molecule has 3 heterocycles. The van der Waals surface area contributed by atoms with Crippen LogP contribution in [0.1, 0.15) is 12.5 Å². The van der Waals surface area contributed by atoms with Gasteiger partial charge in [0, 0.05) is 71.5 Å². The van der Waals surface area contributed by atoms with Crippen LogP contribution in [0.5, 0.6) is 0 Å². The number of carbonyl (C=O) groups excluding carboxylic acids is 1. The van der Waals surface area contributed by atoms with Crippen LogP contribution in [0, 0.1) is 11.6 Å². The summed E-state index contributed by atoms with van der Waals surface area (Å²) < 4.78 is 74.5. The first-order valence-electron chi connectivity index (χ1n) is 12.9. The van der Waals surface area contributed by atoms with Crippen LogP contribution in [0.25, 0.3) is 22.0 Å². The molecule has 2 atom stereocenters. The van der Waals surface area contributed by atoms with Crippen LogP contribution in [-0.4, -0.2) is 76.8 Å². The van der Waals surface area contributed by atoms with E-state index in [1.165, 1.54) is 10.6 Å². The third-order valence-corrected chi connectivity index (χ3v) is 8.59. The highest BCUT2D eigenvalue weighted by Gasteiger charge is 2.40. The van der Waals surface area contributed by atoms with E-state index in [0.29, 0.717) is 12.6 Å². The summed E-state index contributed by atoms with van der Waals surface area (Å²) in [7, 11) is 3.61. The molecule has 41 heavy (non-hydrogen) atoms. The molecule has 2 aliphatic rings. The van der Waals surface area contributed by atoms with Gasteiger partial charge >= 0.3 is 11.9 Å². The summed E-state index contributed by atoms with van der Waals surface area (Å²) in [5.41, 5.74) is -2.36. The van der Waals surface area contributed by atoms with Crippen molar-refractivity contribution in [3.8, 4) is 11.1 Å². The van der Waals surface area contributed by atoms with E-state index >= 15 is 4.39 Å². The first kappa shape index (κ1) is 29.1. The van der Waals surface area contributed by atoms with Gasteiger partial charge in [0.1, 0.15) is 17.5 Å². The fourth-order valence-electron chi connectivity index (χ4n) is 5.59. The second-order valence-electron chi connectivity index (χ2n) is 10.5. The topological polar surface area (TPSA) is 61.7 Å². The molecule has 1 saturated heterocycles. The maximum atomic E-state index is 15.1. The zero-order chi connectivity index (χ0) is 29.8. The minimum atomic E-state index is -4.91. The minimum Gasteiger partial charge on any atom is -0.350 e. The number of halogens is 5. The summed E-state index contributed by atoms with van der Waals surface area (Å²) in [5.74, 6) is -2.25. The van der Waals surface area contributed by atoms with E-state index in [0.717, 1.165) is 30.0 Å². The average Bonchev–Trinajstić information content (AvgIpc) is 2.89. The van der Waals surface area contributed by atoms with E-state index in [9.17, 15) is 27.2 Å². The van der Waals surface area contributed by atoms with E-state index in [2.05, 4.69) is 11.6 Å². The number of rotatable bonds is 5. The fraction of sp³-hybridized carbons (Fsp3) is 0.393. The number of thioether (sulfide) groups is 1. The van der Waals surface area contributed by atoms with Crippen LogP contribution >= 0.6 is 11.8 Å². The second-order valence-corrected chi connectivity index (χ2v) is 11.8. The number of carbonyl (C=O) groups is 1. The van der Waals surface area contributed by atoms with Gasteiger partial charge in [-0.1, -0.05) is 6.58 Å². The Balaban J connectivity index is 1.81. The summed E-state index contributed by atoms with van der Waals surface area (Å²) in [4.78, 5) is 35.2. The van der Waals surface area contributed by atoms with Crippen LogP contribution < -0.4 is 10.6 Å². The first-order valence-corrected chi connectivity index (χ1v) is 13.8. The largest absolute Gasteiger partial charge is 0.417 e. The van der Waals surface area contributed by atoms with Crippen molar-refractivity contribution >= 4 is 34.4 Å². The maximum Gasteiger partial charge on any atom is 0.417 e. The summed E-state index contributed by atoms with van der Waals surface area (Å²) in [6.07, 6.45) is -3.71. The van der Waals surface area contributed by atoms with Gasteiger partial charge in [-0.15, -0.1) is 11.8 Å². The van der Waals surface area contributed by atoms with E-state index in [1.807, 2.05) is 4.90 Å². The van der Waals surface area contributed by atoms with Crippen molar-refractivity contribution in [1.29, 1.82) is 0 Å². The van der Waals surface area contributed by atoms with Crippen molar-refractivity contribution < 1.29 is 26.7 Å². The number of nitrogens with zero attached hydrogens (tertiary/aromatic N) is 5. The average molecular weight is 594 g/mol. The fourth-order valence-corrected chi connectivity index (χ4v) is 7.19. The molecule has 7 nitrogen and oxygen atoms in total. The normalized spacial score (nSPS) is 19.2. The summed E-state index contributed by atoms with van der Waals surface area (Å²) >= 11 is 1.14. The van der Waals surface area contributed by atoms with Crippen LogP contribution in [0.15, 0.2) is 46.6 Å². The molecule has 0 spiro atoms. The van der Waals surface area contributed by atoms with Crippen LogP contribution in [0.2, 0.25) is 0 Å². The van der Waals surface area contributed by atoms with Crippen molar-refractivity contribution in [2.24, 2.45) is 0 Å². The van der Waals surface area contributed by atoms with Crippen LogP contribution in [-0.2, 0) is 17.5 Å². The Morgan fingerprint density at radius 3 is 2.54 bits per heavy atom. The summed E-state index contributed by atoms with van der Waals surface area (Å²) in [5, 5.41) is -0.242. The molecular weight excluding hydrogens is 565 g/mol. The van der Waals surface area contributed by atoms with Gasteiger partial charge < -0.3 is 14.7 Å². The van der Waals surface area contributed by atoms with Gasteiger partial charge in [0.05, 0.1) is 11.1 Å². The third kappa shape index (κ3) is 5.32. The molecule has 3 aromatic rings. The quantitative estimate of drug-likeness (QED) is 0.318. The van der Waals surface area contributed by atoms with Crippen molar-refractivity contribution in [3.05, 3.63) is 64.6 Å². The van der Waals surface area contributed by atoms with Gasteiger partial charge in [-0.05, 0) is 45.3 Å². The Bertz CT molecular complexity index is 1610. The van der Waals surface area contributed by atoms with Gasteiger partial charge in [0.15, 0.2) is 0 Å². The molecule has 1 unspecified atom stereocenters. The number of hydrogen-bond acceptors (Lipinski definition) is 6. The minimum absolute atomic E-state index is 0.0731. The van der Waals surface area contributed by atoms with Gasteiger partial charge in [0.25, 0.3) is 0 Å². The van der Waals surface area contributed by atoms with Gasteiger partial charge in [-0.3, -0.25) is 9.36 Å². The number of amides is 1. The smallest absolute Gasteiger partial charge is 0.350 e. The SMILES string of the molecule is C=CC(=O)N1CCN(c2nc(=O)n3c4c(c(-c5ccc(F)cc5F)c(C(F)(F)F)cc24)S[C@@H](CN(C)C)C3)C(C)C1. The molecule has 0 bridgehead atoms. The lowest BCUT2D eigenvalue weighted by Crippen LogP contribution is -2.54. The molecule has 0 saturated carbocycles. The lowest BCUT2D eigenvalue weighted by atomic mass is 9.95. The van der Waals surface area contributed by atoms with E-state index in [-0.39, 0.29) is 65.0 Å². The Morgan fingerprint density at radius 2 is 1.93 bits per heavy atom. The molecule has 0 radical (unpaired) electrons. The summed E-state index contributed by atoms with van der Waals surface area (Å²) in [6.45, 7) is 6.67. The molecular formula is C28H28F5N5O2S. The van der Waals surface area contributed by atoms with Gasteiger partial charge in [-0.2, -0.15) is 18.2 Å². The molecule has 5 rings (SSSR count). The maximum absolute atomic E-state index is 15.1. The molecule has 13 heteroatoms. The van der Waals surface area contributed by atoms with Crippen LogP contribution in [0.3, 0.4) is 0 Å². The number of aromatic nitrogens is 2. The monoisotopic (exact) mass is 593 g/mol. The Hall–Kier alpha value is -3.45. The number of piperazine rings is 1. The standard InChI is InChI=1S/C28H28F5N5O2S/c1-5-22(39)36-8-9-37(15(2)12-36)26-19-11-20(28(31,32)33)23(18-7-6-16(29)10-21(18)30)25-24(19)38(27(40)34-26)14-17(41-25)13-35(3)4/h5-7,10-11,15,17H,1,8-9,12-14H2,2-4H3/t15?,17-/m0/s1. The molecule has 0 aliphatic carbocycles. The van der Waals surface area contributed by atoms with Gasteiger partial charge in [-0.25, -0.2) is 13.6 Å². The van der Waals surface area contributed by atoms with E-state index < -0.39 is 40.2 Å². The van der Waals surface area contributed by atoms with Gasteiger partial charge in [0.2, 0.25) is 5.91 Å². The molecule has 0 N–H and O–H groups in total. The molecule has 1 fully saturated rings. The van der Waals surface area contributed by atoms with E-state index in [1.54, 1.807) is 30.8 Å². The van der Waals surface area contributed by atoms with Crippen molar-refractivity contribution in [3.63, 3.8) is 0 Å². The number of alkyl halides is 3. The Labute approximate surface area is 237 Å². The highest BCUT2D eigenvalue weighted by molar-refractivity contribution is 8.00. The molecule has 1 amide bonds. The summed E-state index contributed by atoms with van der Waals surface area (Å²) in [6, 6.07) is 3.00. The Morgan fingerprint density at radius 1 is 1.20 bits per heavy atom. The number of hydrogen-bond donors (Lipinski definition) is 0. The predicted octanol–water partition coefficient (Wildman–Crippen LogP) is 4.62. The first-order chi connectivity index (χ1) is 19.3. The molecule has 218 valence electrons. The van der Waals surface area contributed by atoms with Crippen molar-refractivity contribution in [1.82, 2.24) is 19.4 Å². The zero-order valence-electron chi connectivity index (χ0n) is 22.6. The van der Waals surface area contributed by atoms with Crippen molar-refractivity contribution in [2.75, 3.05) is 45.2 Å². The molecule has 2 aromatic carbocycles. The Kier molecular flexibility index (Phi) is 7.62. The number of anilines is 1. The lowest BCUT2D eigenvalue weighted by Gasteiger charge is -2.41. The van der Waals surface area contributed by atoms with Crippen LogP contribution in [0.4, 0.5) is 27.8 Å². The third-order valence-electron chi connectivity index (χ3n) is 7.33. The second kappa shape index (κ2) is 10.8. The van der Waals surface area contributed by atoms with Crippen molar-refractivity contribution in [2.45, 2.75) is 35.8 Å². The molecule has 1 aromatic heterocycles. The highest BCUT2D eigenvalue weighted by atomic mass is 32.2. The predicted molar refractivity (Wildman–Crippen MR) is 148 cm³/mol. The molecule has 2 aliphatic heterocycles.